The van der Waals surface area contributed by atoms with Gasteiger partial charge in [0, 0.05) is 31.0 Å². The molecule has 2 atom stereocenters. The van der Waals surface area contributed by atoms with Gasteiger partial charge in [0.15, 0.2) is 5.82 Å². The van der Waals surface area contributed by atoms with Crippen molar-refractivity contribution in [1.29, 1.82) is 0 Å². The molecule has 1 saturated carbocycles. The molecule has 0 aromatic carbocycles. The first-order valence-corrected chi connectivity index (χ1v) is 6.04. The molecular weight excluding hydrogens is 216 g/mol. The molecule has 17 heavy (non-hydrogen) atoms. The Balaban J connectivity index is 1.87. The zero-order chi connectivity index (χ0) is 11.7. The van der Waals surface area contributed by atoms with E-state index in [1.165, 1.54) is 6.42 Å². The number of anilines is 1. The van der Waals surface area contributed by atoms with E-state index in [-0.39, 0.29) is 6.61 Å². The van der Waals surface area contributed by atoms with Crippen molar-refractivity contribution in [3.63, 3.8) is 0 Å². The van der Waals surface area contributed by atoms with Crippen molar-refractivity contribution in [2.45, 2.75) is 25.3 Å². The Morgan fingerprint density at radius 1 is 1.41 bits per heavy atom. The lowest BCUT2D eigenvalue weighted by Gasteiger charge is -2.19. The van der Waals surface area contributed by atoms with Crippen molar-refractivity contribution in [3.05, 3.63) is 24.7 Å². The van der Waals surface area contributed by atoms with Crippen LogP contribution in [0.4, 0.5) is 5.82 Å². The third kappa shape index (κ3) is 1.86. The Hall–Kier alpha value is -1.62. The molecule has 0 spiro atoms. The topological polar surface area (TPSA) is 62.5 Å². The summed E-state index contributed by atoms with van der Waals surface area (Å²) in [6.07, 6.45) is 8.70. The number of rotatable bonds is 3. The zero-order valence-electron chi connectivity index (χ0n) is 9.58. The molecule has 0 amide bonds. The third-order valence-electron chi connectivity index (χ3n) is 3.54. The molecule has 1 aliphatic carbocycles. The standard InChI is InChI=1S/C12H16N4O/c17-8-9-2-1-3-10(9)15-12-11-4-5-14-16(11)7-6-13-12/h4-7,9-10,17H,1-3,8H2,(H,13,15). The molecule has 1 fully saturated rings. The van der Waals surface area contributed by atoms with Crippen LogP contribution in [0.5, 0.6) is 0 Å². The molecule has 5 heteroatoms. The SMILES string of the molecule is OCC1CCCC1Nc1nccn2nccc12. The summed E-state index contributed by atoms with van der Waals surface area (Å²) < 4.78 is 1.80. The van der Waals surface area contributed by atoms with E-state index in [9.17, 15) is 5.11 Å². The summed E-state index contributed by atoms with van der Waals surface area (Å²) in [5.74, 6) is 1.20. The number of nitrogens with zero attached hydrogens (tertiary/aromatic N) is 3. The first kappa shape index (κ1) is 10.5. The van der Waals surface area contributed by atoms with Gasteiger partial charge in [0.05, 0.1) is 6.20 Å². The van der Waals surface area contributed by atoms with E-state index in [0.717, 1.165) is 24.2 Å². The second-order valence-electron chi connectivity index (χ2n) is 4.56. The number of aromatic nitrogens is 3. The van der Waals surface area contributed by atoms with Gasteiger partial charge in [-0.1, -0.05) is 6.42 Å². The largest absolute Gasteiger partial charge is 0.396 e. The third-order valence-corrected chi connectivity index (χ3v) is 3.54. The lowest BCUT2D eigenvalue weighted by Crippen LogP contribution is -2.27. The van der Waals surface area contributed by atoms with E-state index in [1.807, 2.05) is 12.3 Å². The minimum Gasteiger partial charge on any atom is -0.396 e. The highest BCUT2D eigenvalue weighted by Gasteiger charge is 2.27. The van der Waals surface area contributed by atoms with Gasteiger partial charge in [-0.2, -0.15) is 5.10 Å². The summed E-state index contributed by atoms with van der Waals surface area (Å²) in [7, 11) is 0. The Morgan fingerprint density at radius 2 is 2.35 bits per heavy atom. The van der Waals surface area contributed by atoms with Crippen LogP contribution in [-0.4, -0.2) is 32.4 Å². The predicted molar refractivity (Wildman–Crippen MR) is 64.8 cm³/mol. The van der Waals surface area contributed by atoms with Crippen molar-refractivity contribution in [1.82, 2.24) is 14.6 Å². The predicted octanol–water partition coefficient (Wildman–Crippen LogP) is 1.30. The number of hydrogen-bond donors (Lipinski definition) is 2. The monoisotopic (exact) mass is 232 g/mol. The zero-order valence-corrected chi connectivity index (χ0v) is 9.58. The van der Waals surface area contributed by atoms with Gasteiger partial charge < -0.3 is 10.4 Å². The number of hydrogen-bond acceptors (Lipinski definition) is 4. The normalized spacial score (nSPS) is 24.3. The molecule has 2 unspecified atom stereocenters. The maximum Gasteiger partial charge on any atom is 0.152 e. The lowest BCUT2D eigenvalue weighted by atomic mass is 10.1. The number of nitrogens with one attached hydrogen (secondary N) is 1. The summed E-state index contributed by atoms with van der Waals surface area (Å²) >= 11 is 0. The Labute approximate surface area is 99.5 Å². The second kappa shape index (κ2) is 4.33. The van der Waals surface area contributed by atoms with Gasteiger partial charge in [-0.05, 0) is 18.9 Å². The molecule has 2 N–H and O–H groups in total. The van der Waals surface area contributed by atoms with E-state index in [4.69, 9.17) is 0 Å². The van der Waals surface area contributed by atoms with Crippen molar-refractivity contribution in [2.24, 2.45) is 5.92 Å². The van der Waals surface area contributed by atoms with Crippen molar-refractivity contribution >= 4 is 11.3 Å². The average Bonchev–Trinajstić information content (AvgIpc) is 2.97. The van der Waals surface area contributed by atoms with Crippen LogP contribution < -0.4 is 5.32 Å². The minimum absolute atomic E-state index is 0.250. The van der Waals surface area contributed by atoms with Crippen LogP contribution in [0, 0.1) is 5.92 Å². The highest BCUT2D eigenvalue weighted by molar-refractivity contribution is 5.67. The van der Waals surface area contributed by atoms with Crippen molar-refractivity contribution in [2.75, 3.05) is 11.9 Å². The molecule has 0 radical (unpaired) electrons. The van der Waals surface area contributed by atoms with E-state index in [0.29, 0.717) is 12.0 Å². The Morgan fingerprint density at radius 3 is 3.24 bits per heavy atom. The number of aliphatic hydroxyl groups is 1. The minimum atomic E-state index is 0.250. The van der Waals surface area contributed by atoms with Crippen LogP contribution in [0.25, 0.3) is 5.52 Å². The highest BCUT2D eigenvalue weighted by Crippen LogP contribution is 2.28. The van der Waals surface area contributed by atoms with Gasteiger partial charge in [-0.3, -0.25) is 0 Å². The maximum atomic E-state index is 9.31. The first-order valence-electron chi connectivity index (χ1n) is 6.04. The van der Waals surface area contributed by atoms with Gasteiger partial charge in [0.2, 0.25) is 0 Å². The van der Waals surface area contributed by atoms with Gasteiger partial charge in [-0.15, -0.1) is 0 Å². The average molecular weight is 232 g/mol. The van der Waals surface area contributed by atoms with E-state index >= 15 is 0 Å². The molecule has 1 aliphatic rings. The molecule has 0 saturated heterocycles. The van der Waals surface area contributed by atoms with E-state index in [1.54, 1.807) is 16.9 Å². The maximum absolute atomic E-state index is 9.31. The molecular formula is C12H16N4O. The molecule has 0 bridgehead atoms. The fourth-order valence-electron chi connectivity index (χ4n) is 2.59. The van der Waals surface area contributed by atoms with Crippen LogP contribution >= 0.6 is 0 Å². The Bertz CT molecular complexity index is 510. The summed E-state index contributed by atoms with van der Waals surface area (Å²) in [6.45, 7) is 0.250. The van der Waals surface area contributed by atoms with Crippen molar-refractivity contribution in [3.8, 4) is 0 Å². The second-order valence-corrected chi connectivity index (χ2v) is 4.56. The molecule has 2 heterocycles. The van der Waals surface area contributed by atoms with Gasteiger partial charge in [-0.25, -0.2) is 9.50 Å². The summed E-state index contributed by atoms with van der Waals surface area (Å²) in [6, 6.07) is 2.27. The molecule has 2 aromatic rings. The lowest BCUT2D eigenvalue weighted by molar-refractivity contribution is 0.222. The van der Waals surface area contributed by atoms with E-state index < -0.39 is 0 Å². The molecule has 5 nitrogen and oxygen atoms in total. The number of fused-ring (bicyclic) bond motifs is 1. The highest BCUT2D eigenvalue weighted by atomic mass is 16.3. The Kier molecular flexibility index (Phi) is 2.68. The molecule has 2 aromatic heterocycles. The first-order chi connectivity index (χ1) is 8.38. The van der Waals surface area contributed by atoms with Crippen LogP contribution in [0.3, 0.4) is 0 Å². The summed E-state index contributed by atoms with van der Waals surface area (Å²) in [5, 5.41) is 16.9. The smallest absolute Gasteiger partial charge is 0.152 e. The van der Waals surface area contributed by atoms with Gasteiger partial charge in [0.25, 0.3) is 0 Å². The fraction of sp³-hybridized carbons (Fsp3) is 0.500. The fourth-order valence-corrected chi connectivity index (χ4v) is 2.59. The van der Waals surface area contributed by atoms with Gasteiger partial charge >= 0.3 is 0 Å². The van der Waals surface area contributed by atoms with Crippen LogP contribution in [0.1, 0.15) is 19.3 Å². The van der Waals surface area contributed by atoms with Gasteiger partial charge in [0.1, 0.15) is 5.52 Å². The summed E-state index contributed by atoms with van der Waals surface area (Å²) in [4.78, 5) is 4.36. The quantitative estimate of drug-likeness (QED) is 0.837. The van der Waals surface area contributed by atoms with Crippen LogP contribution in [0.2, 0.25) is 0 Å². The van der Waals surface area contributed by atoms with E-state index in [2.05, 4.69) is 15.4 Å². The van der Waals surface area contributed by atoms with Crippen LogP contribution in [0.15, 0.2) is 24.7 Å². The summed E-state index contributed by atoms with van der Waals surface area (Å²) in [5.41, 5.74) is 0.982. The number of aliphatic hydroxyl groups excluding tert-OH is 1. The molecule has 3 rings (SSSR count). The molecule has 90 valence electrons. The molecule has 0 aliphatic heterocycles. The van der Waals surface area contributed by atoms with Crippen LogP contribution in [-0.2, 0) is 0 Å². The van der Waals surface area contributed by atoms with Crippen molar-refractivity contribution < 1.29 is 5.11 Å².